The van der Waals surface area contributed by atoms with Crippen molar-refractivity contribution in [1.29, 1.82) is 0 Å². The van der Waals surface area contributed by atoms with Crippen LogP contribution in [0.15, 0.2) is 35.0 Å². The van der Waals surface area contributed by atoms with Gasteiger partial charge >= 0.3 is 0 Å². The number of allylic oxidation sites excluding steroid dienone is 1. The molecule has 0 saturated heterocycles. The molecular formula is C13H16N4. The second-order valence-corrected chi connectivity index (χ2v) is 4.27. The zero-order valence-electron chi connectivity index (χ0n) is 9.93. The molecule has 0 bridgehead atoms. The van der Waals surface area contributed by atoms with Gasteiger partial charge in [0.25, 0.3) is 0 Å². The summed E-state index contributed by atoms with van der Waals surface area (Å²) >= 11 is 0. The Morgan fingerprint density at radius 3 is 2.76 bits per heavy atom. The Bertz CT molecular complexity index is 467. The fourth-order valence-corrected chi connectivity index (χ4v) is 1.48. The fraction of sp³-hybridized carbons (Fsp3) is 0.308. The SMILES string of the molecule is C=C(C)c1ccc(N=C/C(=N\N)C2CC2)cn1. The standard InChI is InChI=1S/C13H16N4/c1-9(2)12-6-5-11(7-16-12)15-8-13(17-14)10-3-4-10/h5-8,10H,1,3-4,14H2,2H3/b15-8?,17-13+. The lowest BCUT2D eigenvalue weighted by Crippen LogP contribution is -2.05. The lowest BCUT2D eigenvalue weighted by molar-refractivity contribution is 1.14. The molecule has 4 heteroatoms. The zero-order chi connectivity index (χ0) is 12.3. The van der Waals surface area contributed by atoms with Crippen molar-refractivity contribution in [3.05, 3.63) is 30.6 Å². The Balaban J connectivity index is 2.07. The number of hydrazone groups is 1. The second kappa shape index (κ2) is 4.91. The van der Waals surface area contributed by atoms with Gasteiger partial charge in [-0.25, -0.2) is 0 Å². The van der Waals surface area contributed by atoms with Crippen LogP contribution in [0.2, 0.25) is 0 Å². The van der Waals surface area contributed by atoms with Crippen LogP contribution >= 0.6 is 0 Å². The molecule has 2 rings (SSSR count). The van der Waals surface area contributed by atoms with Gasteiger partial charge in [-0.15, -0.1) is 0 Å². The summed E-state index contributed by atoms with van der Waals surface area (Å²) < 4.78 is 0. The number of hydrogen-bond acceptors (Lipinski definition) is 4. The van der Waals surface area contributed by atoms with Crippen LogP contribution in [0.25, 0.3) is 5.57 Å². The third-order valence-electron chi connectivity index (χ3n) is 2.68. The maximum absolute atomic E-state index is 5.31. The Labute approximate surface area is 101 Å². The van der Waals surface area contributed by atoms with Crippen LogP contribution in [0.5, 0.6) is 0 Å². The highest BCUT2D eigenvalue weighted by molar-refractivity contribution is 6.32. The summed E-state index contributed by atoms with van der Waals surface area (Å²) in [5.41, 5.74) is 3.51. The first kappa shape index (κ1) is 11.5. The van der Waals surface area contributed by atoms with Crippen LogP contribution in [0.1, 0.15) is 25.5 Å². The van der Waals surface area contributed by atoms with Gasteiger partial charge in [-0.05, 0) is 37.5 Å². The summed E-state index contributed by atoms with van der Waals surface area (Å²) in [6.07, 6.45) is 5.78. The van der Waals surface area contributed by atoms with Crippen molar-refractivity contribution in [3.8, 4) is 0 Å². The first-order valence-electron chi connectivity index (χ1n) is 5.64. The molecule has 2 N–H and O–H groups in total. The van der Waals surface area contributed by atoms with E-state index in [1.54, 1.807) is 12.4 Å². The number of aliphatic imine (C=N–C) groups is 1. The molecule has 1 saturated carbocycles. The van der Waals surface area contributed by atoms with Gasteiger partial charge in [0, 0.05) is 5.92 Å². The summed E-state index contributed by atoms with van der Waals surface area (Å²) in [6.45, 7) is 5.77. The van der Waals surface area contributed by atoms with Gasteiger partial charge in [-0.2, -0.15) is 5.10 Å². The van der Waals surface area contributed by atoms with Crippen molar-refractivity contribution in [1.82, 2.24) is 4.98 Å². The van der Waals surface area contributed by atoms with Crippen LogP contribution in [-0.4, -0.2) is 16.9 Å². The van der Waals surface area contributed by atoms with Gasteiger partial charge in [-0.3, -0.25) is 9.98 Å². The molecular weight excluding hydrogens is 212 g/mol. The van der Waals surface area contributed by atoms with E-state index < -0.39 is 0 Å². The van der Waals surface area contributed by atoms with Crippen molar-refractivity contribution < 1.29 is 0 Å². The molecule has 0 radical (unpaired) electrons. The molecule has 0 atom stereocenters. The van der Waals surface area contributed by atoms with Crippen molar-refractivity contribution in [2.45, 2.75) is 19.8 Å². The van der Waals surface area contributed by atoms with Crippen LogP contribution in [0, 0.1) is 5.92 Å². The van der Waals surface area contributed by atoms with Gasteiger partial charge in [0.2, 0.25) is 0 Å². The summed E-state index contributed by atoms with van der Waals surface area (Å²) in [6, 6.07) is 3.82. The van der Waals surface area contributed by atoms with Gasteiger partial charge in [0.1, 0.15) is 0 Å². The molecule has 0 amide bonds. The molecule has 0 aromatic carbocycles. The quantitative estimate of drug-likeness (QED) is 0.489. The highest BCUT2D eigenvalue weighted by Gasteiger charge is 2.26. The lowest BCUT2D eigenvalue weighted by atomic mass is 10.2. The van der Waals surface area contributed by atoms with Gasteiger partial charge < -0.3 is 5.84 Å². The predicted octanol–water partition coefficient (Wildman–Crippen LogP) is 2.54. The first-order chi connectivity index (χ1) is 8.20. The smallest absolute Gasteiger partial charge is 0.0814 e. The fourth-order valence-electron chi connectivity index (χ4n) is 1.48. The number of nitrogens with two attached hydrogens (primary N) is 1. The maximum atomic E-state index is 5.31. The van der Waals surface area contributed by atoms with E-state index in [0.717, 1.165) is 35.5 Å². The van der Waals surface area contributed by atoms with Gasteiger partial charge in [0.15, 0.2) is 0 Å². The van der Waals surface area contributed by atoms with E-state index >= 15 is 0 Å². The number of rotatable bonds is 4. The third kappa shape index (κ3) is 3.00. The van der Waals surface area contributed by atoms with E-state index in [4.69, 9.17) is 5.84 Å². The van der Waals surface area contributed by atoms with Crippen LogP contribution in [-0.2, 0) is 0 Å². The maximum Gasteiger partial charge on any atom is 0.0814 e. The van der Waals surface area contributed by atoms with E-state index in [9.17, 15) is 0 Å². The molecule has 17 heavy (non-hydrogen) atoms. The Morgan fingerprint density at radius 1 is 1.53 bits per heavy atom. The van der Waals surface area contributed by atoms with Crippen molar-refractivity contribution >= 4 is 23.2 Å². The minimum absolute atomic E-state index is 0.506. The first-order valence-corrected chi connectivity index (χ1v) is 5.64. The number of pyridine rings is 1. The number of nitrogens with zero attached hydrogens (tertiary/aromatic N) is 3. The van der Waals surface area contributed by atoms with Crippen LogP contribution in [0.4, 0.5) is 5.69 Å². The number of aromatic nitrogens is 1. The molecule has 1 aromatic heterocycles. The van der Waals surface area contributed by atoms with Crippen LogP contribution < -0.4 is 5.84 Å². The van der Waals surface area contributed by atoms with Gasteiger partial charge in [0.05, 0.1) is 29.5 Å². The highest BCUT2D eigenvalue weighted by atomic mass is 15.1. The molecule has 88 valence electrons. The van der Waals surface area contributed by atoms with E-state index in [0.29, 0.717) is 5.92 Å². The summed E-state index contributed by atoms with van der Waals surface area (Å²) in [4.78, 5) is 8.57. The van der Waals surface area contributed by atoms with E-state index in [1.807, 2.05) is 19.1 Å². The third-order valence-corrected chi connectivity index (χ3v) is 2.68. The largest absolute Gasteiger partial charge is 0.323 e. The Kier molecular flexibility index (Phi) is 3.32. The molecule has 1 aliphatic rings. The minimum atomic E-state index is 0.506. The zero-order valence-corrected chi connectivity index (χ0v) is 9.93. The minimum Gasteiger partial charge on any atom is -0.323 e. The molecule has 1 heterocycles. The molecule has 0 aliphatic heterocycles. The molecule has 0 spiro atoms. The number of hydrogen-bond donors (Lipinski definition) is 1. The van der Waals surface area contributed by atoms with Crippen molar-refractivity contribution in [2.75, 3.05) is 0 Å². The topological polar surface area (TPSA) is 63.6 Å². The Hall–Kier alpha value is -1.97. The average Bonchev–Trinajstić information content (AvgIpc) is 3.15. The summed E-state index contributed by atoms with van der Waals surface area (Å²) in [5, 5.41) is 3.74. The highest BCUT2D eigenvalue weighted by Crippen LogP contribution is 2.30. The molecule has 1 aromatic rings. The van der Waals surface area contributed by atoms with Gasteiger partial charge in [-0.1, -0.05) is 6.58 Å². The van der Waals surface area contributed by atoms with Crippen molar-refractivity contribution in [2.24, 2.45) is 21.9 Å². The summed E-state index contributed by atoms with van der Waals surface area (Å²) in [5.74, 6) is 5.82. The monoisotopic (exact) mass is 228 g/mol. The van der Waals surface area contributed by atoms with E-state index in [-0.39, 0.29) is 0 Å². The molecule has 1 aliphatic carbocycles. The molecule has 4 nitrogen and oxygen atoms in total. The van der Waals surface area contributed by atoms with Crippen LogP contribution in [0.3, 0.4) is 0 Å². The molecule has 0 unspecified atom stereocenters. The average molecular weight is 228 g/mol. The second-order valence-electron chi connectivity index (χ2n) is 4.27. The lowest BCUT2D eigenvalue weighted by Gasteiger charge is -1.99. The predicted molar refractivity (Wildman–Crippen MR) is 71.4 cm³/mol. The van der Waals surface area contributed by atoms with Crippen molar-refractivity contribution in [3.63, 3.8) is 0 Å². The molecule has 1 fully saturated rings. The Morgan fingerprint density at radius 2 is 2.29 bits per heavy atom. The van der Waals surface area contributed by atoms with E-state index in [2.05, 4.69) is 21.7 Å². The normalized spacial score (nSPS) is 16.4. The summed E-state index contributed by atoms with van der Waals surface area (Å²) in [7, 11) is 0. The van der Waals surface area contributed by atoms with E-state index in [1.165, 1.54) is 0 Å².